The molecule has 0 spiro atoms. The van der Waals surface area contributed by atoms with E-state index < -0.39 is 0 Å². The van der Waals surface area contributed by atoms with Gasteiger partial charge in [-0.05, 0) is 74.0 Å². The Morgan fingerprint density at radius 2 is 1.84 bits per heavy atom. The maximum absolute atomic E-state index is 12.7. The van der Waals surface area contributed by atoms with Gasteiger partial charge in [0.2, 0.25) is 6.41 Å². The summed E-state index contributed by atoms with van der Waals surface area (Å²) in [5.74, 6) is 0.508. The van der Waals surface area contributed by atoms with Crippen molar-refractivity contribution < 1.29 is 9.59 Å². The molecule has 0 radical (unpaired) electrons. The van der Waals surface area contributed by atoms with Crippen molar-refractivity contribution in [3.63, 3.8) is 0 Å². The number of hydrogen-bond acceptors (Lipinski definition) is 7. The summed E-state index contributed by atoms with van der Waals surface area (Å²) in [5, 5.41) is 5.86. The first-order chi connectivity index (χ1) is 17.8. The van der Waals surface area contributed by atoms with Crippen LogP contribution in [-0.2, 0) is 4.79 Å². The van der Waals surface area contributed by atoms with E-state index in [1.165, 1.54) is 11.1 Å². The van der Waals surface area contributed by atoms with Crippen LogP contribution in [0.25, 0.3) is 0 Å². The van der Waals surface area contributed by atoms with Gasteiger partial charge in [0.15, 0.2) is 5.84 Å². The van der Waals surface area contributed by atoms with Crippen molar-refractivity contribution in [2.24, 2.45) is 10.7 Å². The predicted octanol–water partition coefficient (Wildman–Crippen LogP) is 4.52. The number of nitrogens with zero attached hydrogens (tertiary/aromatic N) is 4. The second-order valence-corrected chi connectivity index (χ2v) is 8.22. The lowest BCUT2D eigenvalue weighted by Crippen LogP contribution is -2.38. The Morgan fingerprint density at radius 1 is 1.11 bits per heavy atom. The van der Waals surface area contributed by atoms with E-state index >= 15 is 0 Å². The molecule has 4 N–H and O–H groups in total. The first kappa shape index (κ1) is 26.7. The third-order valence-corrected chi connectivity index (χ3v) is 5.55. The number of carbonyl (C=O) groups is 2. The number of aromatic nitrogens is 1. The number of anilines is 4. The highest BCUT2D eigenvalue weighted by atomic mass is 16.1. The van der Waals surface area contributed by atoms with E-state index in [1.54, 1.807) is 61.5 Å². The largest absolute Gasteiger partial charge is 0.400 e. The normalized spacial score (nSPS) is 11.7. The molecule has 9 nitrogen and oxygen atoms in total. The van der Waals surface area contributed by atoms with Crippen molar-refractivity contribution in [3.05, 3.63) is 102 Å². The monoisotopic (exact) mass is 497 g/mol. The van der Waals surface area contributed by atoms with E-state index in [0.29, 0.717) is 40.7 Å². The molecule has 3 aromatic rings. The zero-order valence-electron chi connectivity index (χ0n) is 21.4. The number of nitrogens with one attached hydrogen (secondary N) is 2. The molecule has 1 aromatic heterocycles. The van der Waals surface area contributed by atoms with Gasteiger partial charge in [-0.3, -0.25) is 14.5 Å². The van der Waals surface area contributed by atoms with Crippen LogP contribution in [0.15, 0.2) is 96.0 Å². The average Bonchev–Trinajstić information content (AvgIpc) is 2.89. The van der Waals surface area contributed by atoms with Gasteiger partial charge < -0.3 is 21.3 Å². The molecule has 0 unspecified atom stereocenters. The highest BCUT2D eigenvalue weighted by molar-refractivity contribution is 6.20. The molecule has 0 aliphatic rings. The van der Waals surface area contributed by atoms with Gasteiger partial charge in [-0.1, -0.05) is 12.6 Å². The van der Waals surface area contributed by atoms with Crippen LogP contribution in [0.4, 0.5) is 22.9 Å². The molecule has 0 saturated carbocycles. The van der Waals surface area contributed by atoms with E-state index in [-0.39, 0.29) is 5.91 Å². The minimum Gasteiger partial charge on any atom is -0.400 e. The lowest BCUT2D eigenvalue weighted by Gasteiger charge is -2.29. The molecule has 190 valence electrons. The Bertz CT molecular complexity index is 1340. The predicted molar refractivity (Wildman–Crippen MR) is 151 cm³/mol. The van der Waals surface area contributed by atoms with E-state index in [2.05, 4.69) is 27.2 Å². The van der Waals surface area contributed by atoms with Crippen molar-refractivity contribution in [3.8, 4) is 0 Å². The summed E-state index contributed by atoms with van der Waals surface area (Å²) in [6, 6.07) is 18.0. The number of hydrogen-bond donors (Lipinski definition) is 3. The lowest BCUT2D eigenvalue weighted by atomic mass is 10.1. The molecule has 0 bridgehead atoms. The maximum Gasteiger partial charge on any atom is 0.256 e. The summed E-state index contributed by atoms with van der Waals surface area (Å²) < 4.78 is 0. The first-order valence-electron chi connectivity index (χ1n) is 11.5. The number of aliphatic imine (C=N–C) groups is 1. The molecule has 0 saturated heterocycles. The van der Waals surface area contributed by atoms with Crippen molar-refractivity contribution in [2.45, 2.75) is 13.8 Å². The number of benzene rings is 2. The smallest absolute Gasteiger partial charge is 0.256 e. The number of amides is 2. The summed E-state index contributed by atoms with van der Waals surface area (Å²) >= 11 is 0. The van der Waals surface area contributed by atoms with Gasteiger partial charge in [-0.25, -0.2) is 9.98 Å². The van der Waals surface area contributed by atoms with Gasteiger partial charge in [0, 0.05) is 49.1 Å². The highest BCUT2D eigenvalue weighted by Gasteiger charge is 2.23. The maximum atomic E-state index is 12.7. The minimum absolute atomic E-state index is 0.275. The first-order valence-corrected chi connectivity index (χ1v) is 11.5. The fourth-order valence-corrected chi connectivity index (χ4v) is 3.72. The molecule has 0 fully saturated rings. The van der Waals surface area contributed by atoms with Crippen LogP contribution < -0.4 is 26.2 Å². The van der Waals surface area contributed by atoms with Gasteiger partial charge in [0.1, 0.15) is 11.5 Å². The average molecular weight is 498 g/mol. The van der Waals surface area contributed by atoms with Gasteiger partial charge in [-0.2, -0.15) is 0 Å². The Balaban J connectivity index is 1.91. The zero-order valence-corrected chi connectivity index (χ0v) is 21.4. The van der Waals surface area contributed by atoms with Crippen molar-refractivity contribution in [1.82, 2.24) is 4.98 Å². The third kappa shape index (κ3) is 6.40. The van der Waals surface area contributed by atoms with E-state index in [1.807, 2.05) is 38.2 Å². The molecule has 3 rings (SSSR count). The van der Waals surface area contributed by atoms with E-state index in [9.17, 15) is 9.59 Å². The Kier molecular flexibility index (Phi) is 8.77. The number of likely N-dealkylation sites (N-methyl/N-ethyl adjacent to an activating group) is 1. The zero-order chi connectivity index (χ0) is 26.9. The lowest BCUT2D eigenvalue weighted by molar-refractivity contribution is -0.106. The molecule has 0 atom stereocenters. The molecule has 2 aromatic carbocycles. The van der Waals surface area contributed by atoms with Gasteiger partial charge in [0.05, 0.1) is 5.69 Å². The van der Waals surface area contributed by atoms with Crippen molar-refractivity contribution >= 4 is 41.0 Å². The molecular weight excluding hydrogens is 466 g/mol. The van der Waals surface area contributed by atoms with Crippen LogP contribution in [-0.4, -0.2) is 37.2 Å². The van der Waals surface area contributed by atoms with Crippen molar-refractivity contribution in [2.75, 3.05) is 34.5 Å². The summed E-state index contributed by atoms with van der Waals surface area (Å²) in [4.78, 5) is 36.7. The second kappa shape index (κ2) is 12.2. The number of pyridine rings is 1. The van der Waals surface area contributed by atoms with Crippen LogP contribution in [0.1, 0.15) is 22.8 Å². The molecule has 0 aliphatic carbocycles. The van der Waals surface area contributed by atoms with Gasteiger partial charge in [-0.15, -0.1) is 0 Å². The van der Waals surface area contributed by atoms with Crippen LogP contribution in [0, 0.1) is 6.92 Å². The molecule has 9 heteroatoms. The standard InChI is InChI=1S/C28H31N7O2/c1-6-31-27(35(18-36)24-9-7-8-22(17-24)30-4)26(20(3)29)34(5)23-12-10-21(11-13-23)28(37)33-25-16-19(2)14-15-32-25/h6-18,30H,1,29H2,2-5H3,(H,32,33,37)/b26-20-,31-27?. The van der Waals surface area contributed by atoms with Crippen LogP contribution >= 0.6 is 0 Å². The van der Waals surface area contributed by atoms with Crippen LogP contribution in [0.3, 0.4) is 0 Å². The number of amidine groups is 1. The molecule has 37 heavy (non-hydrogen) atoms. The van der Waals surface area contributed by atoms with Crippen LogP contribution in [0.5, 0.6) is 0 Å². The molecule has 1 heterocycles. The fraction of sp³-hybridized carbons (Fsp3) is 0.143. The topological polar surface area (TPSA) is 116 Å². The van der Waals surface area contributed by atoms with E-state index in [0.717, 1.165) is 16.9 Å². The summed E-state index contributed by atoms with van der Waals surface area (Å²) in [7, 11) is 3.61. The Hall–Kier alpha value is -4.92. The third-order valence-electron chi connectivity index (χ3n) is 5.55. The number of allylic oxidation sites excluding steroid dienone is 1. The molecule has 2 amide bonds. The quantitative estimate of drug-likeness (QED) is 0.227. The van der Waals surface area contributed by atoms with Gasteiger partial charge >= 0.3 is 0 Å². The SMILES string of the molecule is C=CN=C(/C(=C(\C)N)N(C)c1ccc(C(=O)Nc2cc(C)ccn2)cc1)N(C=O)c1cccc(NC)c1. The number of rotatable bonds is 9. The number of aryl methyl sites for hydroxylation is 1. The molecule has 0 aliphatic heterocycles. The van der Waals surface area contributed by atoms with Crippen LogP contribution in [0.2, 0.25) is 0 Å². The number of carbonyl (C=O) groups excluding carboxylic acids is 2. The summed E-state index contributed by atoms with van der Waals surface area (Å²) in [6.07, 6.45) is 3.68. The fourth-order valence-electron chi connectivity index (χ4n) is 3.72. The van der Waals surface area contributed by atoms with Gasteiger partial charge in [0.25, 0.3) is 5.91 Å². The number of nitrogens with two attached hydrogens (primary N) is 1. The summed E-state index contributed by atoms with van der Waals surface area (Å²) in [6.45, 7) is 7.38. The van der Waals surface area contributed by atoms with Crippen molar-refractivity contribution in [1.29, 1.82) is 0 Å². The second-order valence-electron chi connectivity index (χ2n) is 8.22. The minimum atomic E-state index is -0.275. The Morgan fingerprint density at radius 3 is 2.43 bits per heavy atom. The highest BCUT2D eigenvalue weighted by Crippen LogP contribution is 2.26. The molecular formula is C28H31N7O2. The summed E-state index contributed by atoms with van der Waals surface area (Å²) in [5.41, 5.74) is 10.9. The van der Waals surface area contributed by atoms with E-state index in [4.69, 9.17) is 5.73 Å². The Labute approximate surface area is 217 Å².